The Hall–Kier alpha value is -2.78. The first-order valence-corrected chi connectivity index (χ1v) is 11.2. The molecule has 0 saturated carbocycles. The molecule has 0 amide bonds. The SMILES string of the molecule is CCOC(=O)COC1(c2ccc(OCc3cccc(-c4nc(CO)cs4)c3)cc2)COC1. The standard InChI is InChI=1S/C24H25NO6S/c1-2-29-22(27)13-31-24(15-28-16-24)19-6-8-21(9-7-19)30-12-17-4-3-5-18(10-17)23-25-20(11-26)14-32-23/h3-10,14,26H,2,11-13,15-16H2,1H3. The Bertz CT molecular complexity index is 1040. The number of hydrogen-bond donors (Lipinski definition) is 1. The molecule has 1 fully saturated rings. The minimum absolute atomic E-state index is 0.0590. The van der Waals surface area contributed by atoms with Crippen molar-refractivity contribution in [1.82, 2.24) is 4.98 Å². The molecular formula is C24H25NO6S. The molecule has 0 radical (unpaired) electrons. The first-order chi connectivity index (χ1) is 15.6. The summed E-state index contributed by atoms with van der Waals surface area (Å²) in [5, 5.41) is 11.9. The average Bonchev–Trinajstić information content (AvgIpc) is 3.28. The van der Waals surface area contributed by atoms with E-state index in [-0.39, 0.29) is 19.2 Å². The number of carbonyl (C=O) groups is 1. The zero-order chi connectivity index (χ0) is 22.4. The highest BCUT2D eigenvalue weighted by Gasteiger charge is 2.42. The van der Waals surface area contributed by atoms with Crippen molar-refractivity contribution >= 4 is 17.3 Å². The zero-order valence-electron chi connectivity index (χ0n) is 17.8. The van der Waals surface area contributed by atoms with Gasteiger partial charge in [-0.05, 0) is 36.2 Å². The molecule has 1 aliphatic heterocycles. The Morgan fingerprint density at radius 3 is 2.69 bits per heavy atom. The Labute approximate surface area is 190 Å². The Kier molecular flexibility index (Phi) is 7.16. The topological polar surface area (TPSA) is 87.1 Å². The van der Waals surface area contributed by atoms with Crippen molar-refractivity contribution in [3.8, 4) is 16.3 Å². The molecule has 8 heteroatoms. The van der Waals surface area contributed by atoms with Crippen LogP contribution in [0.5, 0.6) is 5.75 Å². The number of ether oxygens (including phenoxy) is 4. The third kappa shape index (κ3) is 5.16. The van der Waals surface area contributed by atoms with Crippen LogP contribution >= 0.6 is 11.3 Å². The molecule has 168 valence electrons. The molecule has 2 heterocycles. The highest BCUT2D eigenvalue weighted by atomic mass is 32.1. The molecular weight excluding hydrogens is 430 g/mol. The van der Waals surface area contributed by atoms with E-state index in [9.17, 15) is 9.90 Å². The highest BCUT2D eigenvalue weighted by molar-refractivity contribution is 7.13. The molecule has 3 aromatic rings. The highest BCUT2D eigenvalue weighted by Crippen LogP contribution is 2.35. The first-order valence-electron chi connectivity index (χ1n) is 10.4. The fourth-order valence-corrected chi connectivity index (χ4v) is 4.16. The maximum absolute atomic E-state index is 11.6. The third-order valence-corrected chi connectivity index (χ3v) is 6.06. The second kappa shape index (κ2) is 10.2. The Morgan fingerprint density at radius 2 is 2.03 bits per heavy atom. The van der Waals surface area contributed by atoms with Gasteiger partial charge in [-0.15, -0.1) is 11.3 Å². The summed E-state index contributed by atoms with van der Waals surface area (Å²) in [5.74, 6) is 0.350. The van der Waals surface area contributed by atoms with Crippen molar-refractivity contribution in [2.75, 3.05) is 26.4 Å². The molecule has 1 saturated heterocycles. The van der Waals surface area contributed by atoms with Crippen molar-refractivity contribution in [2.45, 2.75) is 25.7 Å². The van der Waals surface area contributed by atoms with Gasteiger partial charge in [-0.25, -0.2) is 9.78 Å². The van der Waals surface area contributed by atoms with Crippen LogP contribution in [0.4, 0.5) is 0 Å². The number of nitrogens with zero attached hydrogens (tertiary/aromatic N) is 1. The fraction of sp³-hybridized carbons (Fsp3) is 0.333. The Morgan fingerprint density at radius 1 is 1.22 bits per heavy atom. The molecule has 2 aromatic carbocycles. The van der Waals surface area contributed by atoms with Crippen molar-refractivity contribution in [2.24, 2.45) is 0 Å². The predicted molar refractivity (Wildman–Crippen MR) is 119 cm³/mol. The summed E-state index contributed by atoms with van der Waals surface area (Å²) in [4.78, 5) is 16.1. The first kappa shape index (κ1) is 22.4. The van der Waals surface area contributed by atoms with Crippen molar-refractivity contribution in [3.05, 3.63) is 70.7 Å². The van der Waals surface area contributed by atoms with E-state index in [1.807, 2.05) is 53.9 Å². The van der Waals surface area contributed by atoms with Gasteiger partial charge in [0.25, 0.3) is 0 Å². The van der Waals surface area contributed by atoms with Crippen LogP contribution in [0.2, 0.25) is 0 Å². The molecule has 0 unspecified atom stereocenters. The number of esters is 1. The van der Waals surface area contributed by atoms with E-state index in [0.717, 1.165) is 27.4 Å². The van der Waals surface area contributed by atoms with Gasteiger partial charge in [-0.3, -0.25) is 0 Å². The second-order valence-corrected chi connectivity index (χ2v) is 8.25. The molecule has 0 bridgehead atoms. The number of aliphatic hydroxyl groups excluding tert-OH is 1. The second-order valence-electron chi connectivity index (χ2n) is 7.40. The minimum atomic E-state index is -0.624. The average molecular weight is 456 g/mol. The lowest BCUT2D eigenvalue weighted by atomic mass is 9.91. The molecule has 1 aliphatic rings. The van der Waals surface area contributed by atoms with Crippen LogP contribution in [-0.4, -0.2) is 42.5 Å². The van der Waals surface area contributed by atoms with Crippen LogP contribution in [0.25, 0.3) is 10.6 Å². The van der Waals surface area contributed by atoms with Crippen molar-refractivity contribution in [1.29, 1.82) is 0 Å². The number of thiazole rings is 1. The van der Waals surface area contributed by atoms with Gasteiger partial charge in [0.2, 0.25) is 0 Å². The van der Waals surface area contributed by atoms with Crippen LogP contribution < -0.4 is 4.74 Å². The predicted octanol–water partition coefficient (Wildman–Crippen LogP) is 3.69. The van der Waals surface area contributed by atoms with Gasteiger partial charge >= 0.3 is 5.97 Å². The lowest BCUT2D eigenvalue weighted by Crippen LogP contribution is -2.49. The van der Waals surface area contributed by atoms with Gasteiger partial charge < -0.3 is 24.1 Å². The number of benzene rings is 2. The van der Waals surface area contributed by atoms with E-state index in [1.54, 1.807) is 6.92 Å². The van der Waals surface area contributed by atoms with Crippen LogP contribution in [0, 0.1) is 0 Å². The Balaban J connectivity index is 1.37. The summed E-state index contributed by atoms with van der Waals surface area (Å²) >= 11 is 1.51. The van der Waals surface area contributed by atoms with Crippen LogP contribution in [-0.2, 0) is 37.8 Å². The lowest BCUT2D eigenvalue weighted by Gasteiger charge is -2.41. The van der Waals surface area contributed by atoms with Gasteiger partial charge in [0, 0.05) is 10.9 Å². The molecule has 0 aliphatic carbocycles. The third-order valence-electron chi connectivity index (χ3n) is 5.12. The van der Waals surface area contributed by atoms with E-state index >= 15 is 0 Å². The lowest BCUT2D eigenvalue weighted by molar-refractivity contribution is -0.221. The quantitative estimate of drug-likeness (QED) is 0.467. The van der Waals surface area contributed by atoms with E-state index < -0.39 is 5.60 Å². The van der Waals surface area contributed by atoms with Gasteiger partial charge in [0.1, 0.15) is 29.6 Å². The number of rotatable bonds is 10. The number of aliphatic hydroxyl groups is 1. The molecule has 1 aromatic heterocycles. The monoisotopic (exact) mass is 455 g/mol. The van der Waals surface area contributed by atoms with E-state index in [1.165, 1.54) is 11.3 Å². The van der Waals surface area contributed by atoms with E-state index in [0.29, 0.717) is 32.1 Å². The maximum Gasteiger partial charge on any atom is 0.332 e. The minimum Gasteiger partial charge on any atom is -0.489 e. The van der Waals surface area contributed by atoms with E-state index in [4.69, 9.17) is 18.9 Å². The van der Waals surface area contributed by atoms with Crippen molar-refractivity contribution in [3.63, 3.8) is 0 Å². The fourth-order valence-electron chi connectivity index (χ4n) is 3.35. The summed E-state index contributed by atoms with van der Waals surface area (Å²) in [5.41, 5.74) is 3.00. The normalized spacial score (nSPS) is 14.6. The van der Waals surface area contributed by atoms with Gasteiger partial charge in [-0.2, -0.15) is 0 Å². The summed E-state index contributed by atoms with van der Waals surface area (Å²) in [6, 6.07) is 15.7. The smallest absolute Gasteiger partial charge is 0.332 e. The van der Waals surface area contributed by atoms with Gasteiger partial charge in [0.05, 0.1) is 32.1 Å². The largest absolute Gasteiger partial charge is 0.489 e. The zero-order valence-corrected chi connectivity index (χ0v) is 18.6. The number of carbonyl (C=O) groups excluding carboxylic acids is 1. The number of aromatic nitrogens is 1. The van der Waals surface area contributed by atoms with E-state index in [2.05, 4.69) is 4.98 Å². The summed E-state index contributed by atoms with van der Waals surface area (Å²) in [6.07, 6.45) is 0. The van der Waals surface area contributed by atoms with Gasteiger partial charge in [-0.1, -0.05) is 30.3 Å². The van der Waals surface area contributed by atoms with Crippen molar-refractivity contribution < 1.29 is 28.8 Å². The summed E-state index contributed by atoms with van der Waals surface area (Å²) < 4.78 is 22.1. The number of hydrogen-bond acceptors (Lipinski definition) is 8. The molecule has 0 atom stereocenters. The summed E-state index contributed by atoms with van der Waals surface area (Å²) in [6.45, 7) is 3.14. The molecule has 1 N–H and O–H groups in total. The molecule has 32 heavy (non-hydrogen) atoms. The molecule has 4 rings (SSSR count). The van der Waals surface area contributed by atoms with Gasteiger partial charge in [0.15, 0.2) is 0 Å². The van der Waals surface area contributed by atoms with Crippen LogP contribution in [0.15, 0.2) is 53.9 Å². The van der Waals surface area contributed by atoms with Crippen LogP contribution in [0.1, 0.15) is 23.7 Å². The summed E-state index contributed by atoms with van der Waals surface area (Å²) in [7, 11) is 0. The van der Waals surface area contributed by atoms with Crippen LogP contribution in [0.3, 0.4) is 0 Å². The molecule has 7 nitrogen and oxygen atoms in total. The molecule has 0 spiro atoms. The maximum atomic E-state index is 11.6.